The minimum atomic E-state index is -0.223. The maximum Gasteiger partial charge on any atom is 0.252 e. The van der Waals surface area contributed by atoms with Gasteiger partial charge in [0.2, 0.25) is 0 Å². The predicted octanol–water partition coefficient (Wildman–Crippen LogP) is 4.56. The van der Waals surface area contributed by atoms with Gasteiger partial charge in [-0.2, -0.15) is 0 Å². The molecule has 21 heavy (non-hydrogen) atoms. The minimum Gasteiger partial charge on any atom is -0.454 e. The van der Waals surface area contributed by atoms with E-state index in [9.17, 15) is 0 Å². The van der Waals surface area contributed by atoms with E-state index in [0.717, 1.165) is 17.1 Å². The Balaban J connectivity index is 1.83. The van der Waals surface area contributed by atoms with Gasteiger partial charge >= 0.3 is 0 Å². The number of benzene rings is 2. The van der Waals surface area contributed by atoms with Crippen molar-refractivity contribution in [1.29, 1.82) is 0 Å². The molecule has 0 saturated carbocycles. The molecule has 0 N–H and O–H groups in total. The molecule has 2 heterocycles. The van der Waals surface area contributed by atoms with Crippen molar-refractivity contribution in [3.63, 3.8) is 0 Å². The van der Waals surface area contributed by atoms with Gasteiger partial charge in [0, 0.05) is 16.0 Å². The molecule has 0 amide bonds. The number of rotatable bonds is 2. The molecule has 0 radical (unpaired) electrons. The summed E-state index contributed by atoms with van der Waals surface area (Å²) in [6.07, 6.45) is 1.89. The first kappa shape index (κ1) is 12.8. The molecule has 0 aromatic heterocycles. The van der Waals surface area contributed by atoms with Crippen LogP contribution in [0.4, 0.5) is 0 Å². The Morgan fingerprint density at radius 3 is 2.57 bits per heavy atom. The van der Waals surface area contributed by atoms with E-state index in [1.165, 1.54) is 16.0 Å². The van der Waals surface area contributed by atoms with Gasteiger partial charge in [0.15, 0.2) is 0 Å². The van der Waals surface area contributed by atoms with E-state index in [1.54, 1.807) is 11.8 Å². The Morgan fingerprint density at radius 2 is 1.81 bits per heavy atom. The molecule has 2 nitrogen and oxygen atoms in total. The van der Waals surface area contributed by atoms with Crippen LogP contribution in [0.25, 0.3) is 5.76 Å². The summed E-state index contributed by atoms with van der Waals surface area (Å²) < 4.78 is 12.1. The van der Waals surface area contributed by atoms with Gasteiger partial charge < -0.3 is 9.47 Å². The highest BCUT2D eigenvalue weighted by Gasteiger charge is 2.45. The van der Waals surface area contributed by atoms with Gasteiger partial charge in [-0.25, -0.2) is 0 Å². The van der Waals surface area contributed by atoms with Crippen LogP contribution in [-0.4, -0.2) is 12.5 Å². The van der Waals surface area contributed by atoms with Crippen molar-refractivity contribution in [3.8, 4) is 5.75 Å². The topological polar surface area (TPSA) is 18.5 Å². The second-order valence-electron chi connectivity index (χ2n) is 5.39. The van der Waals surface area contributed by atoms with E-state index in [0.29, 0.717) is 0 Å². The minimum absolute atomic E-state index is 0.199. The van der Waals surface area contributed by atoms with Crippen LogP contribution >= 0.6 is 11.8 Å². The van der Waals surface area contributed by atoms with E-state index in [2.05, 4.69) is 37.4 Å². The highest BCUT2D eigenvalue weighted by molar-refractivity contribution is 8.02. The van der Waals surface area contributed by atoms with Crippen LogP contribution in [-0.2, 0) is 4.74 Å². The van der Waals surface area contributed by atoms with Gasteiger partial charge in [-0.15, -0.1) is 11.8 Å². The largest absolute Gasteiger partial charge is 0.454 e. The van der Waals surface area contributed by atoms with Crippen LogP contribution in [0.5, 0.6) is 5.75 Å². The van der Waals surface area contributed by atoms with Crippen LogP contribution in [0.1, 0.15) is 22.6 Å². The lowest BCUT2D eigenvalue weighted by Crippen LogP contribution is -2.15. The van der Waals surface area contributed by atoms with Crippen LogP contribution < -0.4 is 4.74 Å². The lowest BCUT2D eigenvalue weighted by Gasteiger charge is -2.11. The van der Waals surface area contributed by atoms with E-state index >= 15 is 0 Å². The maximum absolute atomic E-state index is 6.13. The molecule has 0 bridgehead atoms. The zero-order valence-electron chi connectivity index (χ0n) is 12.0. The van der Waals surface area contributed by atoms with E-state index < -0.39 is 0 Å². The monoisotopic (exact) mass is 296 g/mol. The molecule has 2 aromatic carbocycles. The van der Waals surface area contributed by atoms with Gasteiger partial charge in [-0.3, -0.25) is 0 Å². The number of fused-ring (bicyclic) bond motifs is 3. The normalized spacial score (nSPS) is 22.6. The second kappa shape index (κ2) is 4.85. The predicted molar refractivity (Wildman–Crippen MR) is 86.3 cm³/mol. The molecule has 2 aliphatic heterocycles. The first-order chi connectivity index (χ1) is 10.3. The SMILES string of the molecule is CSC1=C(c2ccccc2)OC2Oc3ccc(C)cc3C12. The number of ether oxygens (including phenoxy) is 2. The molecular formula is C18H16O2S. The molecule has 2 atom stereocenters. The third-order valence-electron chi connectivity index (χ3n) is 4.01. The van der Waals surface area contributed by atoms with Crippen LogP contribution in [0.15, 0.2) is 53.4 Å². The van der Waals surface area contributed by atoms with E-state index in [4.69, 9.17) is 9.47 Å². The fourth-order valence-corrected chi connectivity index (χ4v) is 3.89. The third-order valence-corrected chi connectivity index (χ3v) is 4.89. The Labute approximate surface area is 128 Å². The van der Waals surface area contributed by atoms with E-state index in [1.807, 2.05) is 24.3 Å². The highest BCUT2D eigenvalue weighted by atomic mass is 32.2. The van der Waals surface area contributed by atoms with Crippen molar-refractivity contribution in [2.45, 2.75) is 19.1 Å². The Kier molecular flexibility index (Phi) is 2.96. The number of hydrogen-bond donors (Lipinski definition) is 0. The van der Waals surface area contributed by atoms with Crippen LogP contribution in [0, 0.1) is 6.92 Å². The maximum atomic E-state index is 6.13. The first-order valence-electron chi connectivity index (χ1n) is 7.05. The van der Waals surface area contributed by atoms with Gasteiger partial charge in [0.25, 0.3) is 6.29 Å². The standard InChI is InChI=1S/C18H16O2S/c1-11-8-9-14-13(10-11)15-17(21-2)16(20-18(15)19-14)12-6-4-3-5-7-12/h3-10,15,18H,1-2H3. The van der Waals surface area contributed by atoms with E-state index in [-0.39, 0.29) is 12.2 Å². The van der Waals surface area contributed by atoms with Crippen LogP contribution in [0.2, 0.25) is 0 Å². The summed E-state index contributed by atoms with van der Waals surface area (Å²) in [7, 11) is 0. The molecule has 2 aliphatic rings. The highest BCUT2D eigenvalue weighted by Crippen LogP contribution is 2.53. The molecule has 2 unspecified atom stereocenters. The average molecular weight is 296 g/mol. The Morgan fingerprint density at radius 1 is 1.00 bits per heavy atom. The summed E-state index contributed by atoms with van der Waals surface area (Å²) in [4.78, 5) is 1.26. The Bertz CT molecular complexity index is 721. The molecule has 0 aliphatic carbocycles. The Hall–Kier alpha value is -1.87. The fourth-order valence-electron chi connectivity index (χ4n) is 3.05. The molecule has 106 valence electrons. The number of aryl methyl sites for hydroxylation is 1. The zero-order valence-corrected chi connectivity index (χ0v) is 12.8. The van der Waals surface area contributed by atoms with Crippen molar-refractivity contribution in [2.24, 2.45) is 0 Å². The number of thioether (sulfide) groups is 1. The van der Waals surface area contributed by atoms with Gasteiger partial charge in [0.1, 0.15) is 11.5 Å². The molecule has 3 heteroatoms. The summed E-state index contributed by atoms with van der Waals surface area (Å²) in [5, 5.41) is 0. The summed E-state index contributed by atoms with van der Waals surface area (Å²) in [6, 6.07) is 16.6. The zero-order chi connectivity index (χ0) is 14.4. The molecule has 0 saturated heterocycles. The smallest absolute Gasteiger partial charge is 0.252 e. The van der Waals surface area contributed by atoms with Crippen LogP contribution in [0.3, 0.4) is 0 Å². The van der Waals surface area contributed by atoms with Crippen molar-refractivity contribution in [3.05, 3.63) is 70.1 Å². The van der Waals surface area contributed by atoms with Crippen molar-refractivity contribution in [1.82, 2.24) is 0 Å². The van der Waals surface area contributed by atoms with Crippen molar-refractivity contribution < 1.29 is 9.47 Å². The second-order valence-corrected chi connectivity index (χ2v) is 6.23. The third kappa shape index (κ3) is 1.95. The summed E-state index contributed by atoms with van der Waals surface area (Å²) in [6.45, 7) is 2.12. The quantitative estimate of drug-likeness (QED) is 0.809. The molecule has 0 spiro atoms. The van der Waals surface area contributed by atoms with Crippen molar-refractivity contribution >= 4 is 17.5 Å². The average Bonchev–Trinajstić information content (AvgIpc) is 3.03. The molecule has 2 aromatic rings. The lowest BCUT2D eigenvalue weighted by atomic mass is 9.98. The van der Waals surface area contributed by atoms with Gasteiger partial charge in [-0.1, -0.05) is 48.0 Å². The van der Waals surface area contributed by atoms with Gasteiger partial charge in [0.05, 0.1) is 5.92 Å². The molecule has 4 rings (SSSR count). The molecule has 0 fully saturated rings. The summed E-state index contributed by atoms with van der Waals surface area (Å²) in [5.41, 5.74) is 3.62. The lowest BCUT2D eigenvalue weighted by molar-refractivity contribution is 0.00640. The summed E-state index contributed by atoms with van der Waals surface area (Å²) >= 11 is 1.76. The van der Waals surface area contributed by atoms with Crippen molar-refractivity contribution in [2.75, 3.05) is 6.26 Å². The molecular weight excluding hydrogens is 280 g/mol. The summed E-state index contributed by atoms with van der Waals surface area (Å²) in [5.74, 6) is 2.12. The number of hydrogen-bond acceptors (Lipinski definition) is 3. The fraction of sp³-hybridized carbons (Fsp3) is 0.222. The first-order valence-corrected chi connectivity index (χ1v) is 8.28. The van der Waals surface area contributed by atoms with Gasteiger partial charge in [-0.05, 0) is 19.2 Å².